The van der Waals surface area contributed by atoms with Gasteiger partial charge in [0.1, 0.15) is 0 Å². The van der Waals surface area contributed by atoms with Crippen LogP contribution in [0.1, 0.15) is 20.3 Å². The first kappa shape index (κ1) is 20.4. The number of amides is 2. The fourth-order valence-electron chi connectivity index (χ4n) is 2.48. The number of nitrogens with one attached hydrogen (secondary N) is 2. The third-order valence-electron chi connectivity index (χ3n) is 3.61. The van der Waals surface area contributed by atoms with Crippen LogP contribution < -0.4 is 10.6 Å². The van der Waals surface area contributed by atoms with Gasteiger partial charge in [0, 0.05) is 18.5 Å². The molecule has 7 nitrogen and oxygen atoms in total. The lowest BCUT2D eigenvalue weighted by Gasteiger charge is -2.18. The van der Waals surface area contributed by atoms with Gasteiger partial charge in [-0.15, -0.1) is 11.3 Å². The second kappa shape index (κ2) is 9.16. The molecular formula is C17H21ClN2O5S. The Balaban J connectivity index is 1.88. The maximum atomic E-state index is 12.4. The van der Waals surface area contributed by atoms with E-state index >= 15 is 0 Å². The van der Waals surface area contributed by atoms with Crippen LogP contribution in [0.25, 0.3) is 0 Å². The molecule has 0 saturated carbocycles. The highest BCUT2D eigenvalue weighted by molar-refractivity contribution is 7.14. The van der Waals surface area contributed by atoms with Crippen LogP contribution in [0.15, 0.2) is 23.6 Å². The van der Waals surface area contributed by atoms with Crippen molar-refractivity contribution in [2.75, 3.05) is 12.4 Å². The molecule has 26 heavy (non-hydrogen) atoms. The summed E-state index contributed by atoms with van der Waals surface area (Å²) in [6.07, 6.45) is 2.29. The predicted molar refractivity (Wildman–Crippen MR) is 99.2 cm³/mol. The molecule has 0 fully saturated rings. The van der Waals surface area contributed by atoms with Crippen LogP contribution in [0.5, 0.6) is 0 Å². The molecule has 3 atom stereocenters. The zero-order valence-corrected chi connectivity index (χ0v) is 16.2. The highest BCUT2D eigenvalue weighted by Gasteiger charge is 2.32. The number of ether oxygens (including phenoxy) is 2. The van der Waals surface area contributed by atoms with Gasteiger partial charge in [0.05, 0.1) is 22.0 Å². The number of halogens is 1. The van der Waals surface area contributed by atoms with Crippen molar-refractivity contribution in [3.8, 4) is 0 Å². The summed E-state index contributed by atoms with van der Waals surface area (Å²) in [5, 5.41) is 6.94. The monoisotopic (exact) mass is 400 g/mol. The first-order valence-corrected chi connectivity index (χ1v) is 9.32. The summed E-state index contributed by atoms with van der Waals surface area (Å²) in [6, 6.07) is 1.22. The van der Waals surface area contributed by atoms with Gasteiger partial charge in [0.15, 0.2) is 0 Å². The van der Waals surface area contributed by atoms with Gasteiger partial charge < -0.3 is 20.1 Å². The van der Waals surface area contributed by atoms with Gasteiger partial charge in [0.2, 0.25) is 6.10 Å². The van der Waals surface area contributed by atoms with E-state index in [-0.39, 0.29) is 18.1 Å². The second-order valence-corrected chi connectivity index (χ2v) is 7.61. The molecule has 2 N–H and O–H groups in total. The number of methoxy groups -OCH3 is 1. The van der Waals surface area contributed by atoms with Gasteiger partial charge in [-0.1, -0.05) is 23.8 Å². The number of carbonyl (C=O) groups excluding carboxylic acids is 3. The minimum absolute atomic E-state index is 0.197. The van der Waals surface area contributed by atoms with E-state index in [1.807, 2.05) is 0 Å². The molecule has 1 aromatic heterocycles. The summed E-state index contributed by atoms with van der Waals surface area (Å²) >= 11 is 7.08. The second-order valence-electron chi connectivity index (χ2n) is 6.07. The van der Waals surface area contributed by atoms with Gasteiger partial charge in [-0.25, -0.2) is 0 Å². The van der Waals surface area contributed by atoms with Crippen molar-refractivity contribution in [2.45, 2.75) is 38.5 Å². The first-order chi connectivity index (χ1) is 12.3. The van der Waals surface area contributed by atoms with Crippen LogP contribution in [-0.2, 0) is 23.9 Å². The molecule has 0 aromatic carbocycles. The topological polar surface area (TPSA) is 93.7 Å². The predicted octanol–water partition coefficient (Wildman–Crippen LogP) is 2.37. The summed E-state index contributed by atoms with van der Waals surface area (Å²) in [5.41, 5.74) is 0.497. The van der Waals surface area contributed by atoms with Gasteiger partial charge in [-0.2, -0.15) is 0 Å². The minimum atomic E-state index is -1.32. The third kappa shape index (κ3) is 5.55. The van der Waals surface area contributed by atoms with Crippen LogP contribution in [0.2, 0.25) is 4.34 Å². The highest BCUT2D eigenvalue weighted by Crippen LogP contribution is 2.24. The van der Waals surface area contributed by atoms with E-state index in [0.29, 0.717) is 16.4 Å². The number of thiophene rings is 1. The van der Waals surface area contributed by atoms with E-state index in [1.165, 1.54) is 18.4 Å². The lowest BCUT2D eigenvalue weighted by molar-refractivity contribution is -0.151. The van der Waals surface area contributed by atoms with E-state index in [4.69, 9.17) is 21.1 Å². The molecule has 2 amide bonds. The summed E-state index contributed by atoms with van der Waals surface area (Å²) in [5.74, 6) is -1.93. The van der Waals surface area contributed by atoms with E-state index < -0.39 is 23.8 Å². The zero-order valence-electron chi connectivity index (χ0n) is 14.7. The molecule has 142 valence electrons. The molecule has 9 heteroatoms. The number of carbonyl (C=O) groups is 3. The molecular weight excluding hydrogens is 380 g/mol. The van der Waals surface area contributed by atoms with Crippen molar-refractivity contribution >= 4 is 46.4 Å². The molecule has 0 spiro atoms. The fourth-order valence-corrected chi connectivity index (χ4v) is 3.29. The molecule has 0 bridgehead atoms. The Morgan fingerprint density at radius 1 is 1.27 bits per heavy atom. The standard InChI is InChI=1S/C17H21ClN2O5S/c1-9(2)25-17(23)10-4-5-11(6-10)19-15(21)14(24-3)16(22)20-12-7-13(18)26-8-12/h4-5,7-11,14H,6H2,1-3H3,(H,19,21)(H,20,22)/t10-,11+,14?/m1/s1. The molecule has 0 saturated heterocycles. The first-order valence-electron chi connectivity index (χ1n) is 8.07. The Labute approximate surface area is 160 Å². The highest BCUT2D eigenvalue weighted by atomic mass is 35.5. The normalized spacial score (nSPS) is 20.0. The number of rotatable bonds is 7. The van der Waals surface area contributed by atoms with Crippen molar-refractivity contribution < 1.29 is 23.9 Å². The zero-order chi connectivity index (χ0) is 19.3. The molecule has 1 heterocycles. The molecule has 1 unspecified atom stereocenters. The molecule has 2 rings (SSSR count). The van der Waals surface area contributed by atoms with Crippen LogP contribution >= 0.6 is 22.9 Å². The Hall–Kier alpha value is -1.90. The average molecular weight is 401 g/mol. The lowest BCUT2D eigenvalue weighted by Crippen LogP contribution is -2.47. The maximum Gasteiger partial charge on any atom is 0.313 e. The van der Waals surface area contributed by atoms with Crippen LogP contribution in [0, 0.1) is 5.92 Å². The van der Waals surface area contributed by atoms with Gasteiger partial charge >= 0.3 is 5.97 Å². The fraction of sp³-hybridized carbons (Fsp3) is 0.471. The summed E-state index contributed by atoms with van der Waals surface area (Å²) < 4.78 is 10.7. The van der Waals surface area contributed by atoms with Gasteiger partial charge in [-0.05, 0) is 26.3 Å². The smallest absolute Gasteiger partial charge is 0.313 e. The van der Waals surface area contributed by atoms with Crippen LogP contribution in [0.4, 0.5) is 5.69 Å². The van der Waals surface area contributed by atoms with Crippen molar-refractivity contribution in [1.29, 1.82) is 0 Å². The summed E-state index contributed by atoms with van der Waals surface area (Å²) in [7, 11) is 1.28. The Bertz CT molecular complexity index is 703. The Morgan fingerprint density at radius 3 is 2.58 bits per heavy atom. The van der Waals surface area contributed by atoms with Crippen molar-refractivity contribution in [3.63, 3.8) is 0 Å². The third-order valence-corrected chi connectivity index (χ3v) is 4.70. The van der Waals surface area contributed by atoms with Gasteiger partial charge in [0.25, 0.3) is 11.8 Å². The molecule has 1 aliphatic rings. The van der Waals surface area contributed by atoms with E-state index in [0.717, 1.165) is 0 Å². The lowest BCUT2D eigenvalue weighted by atomic mass is 10.1. The molecule has 0 radical (unpaired) electrons. The quantitative estimate of drug-likeness (QED) is 0.416. The maximum absolute atomic E-state index is 12.4. The van der Waals surface area contributed by atoms with E-state index in [1.54, 1.807) is 37.4 Å². The SMILES string of the molecule is COC(C(=O)Nc1csc(Cl)c1)C(=O)N[C@H]1C=C[C@@H](C(=O)OC(C)C)C1. The number of hydrogen-bond acceptors (Lipinski definition) is 6. The molecule has 1 aromatic rings. The largest absolute Gasteiger partial charge is 0.463 e. The number of esters is 1. The summed E-state index contributed by atoms with van der Waals surface area (Å²) in [6.45, 7) is 3.55. The minimum Gasteiger partial charge on any atom is -0.463 e. The van der Waals surface area contributed by atoms with Crippen molar-refractivity contribution in [3.05, 3.63) is 27.9 Å². The van der Waals surface area contributed by atoms with Crippen molar-refractivity contribution in [2.24, 2.45) is 5.92 Å². The number of hydrogen-bond donors (Lipinski definition) is 2. The van der Waals surface area contributed by atoms with E-state index in [9.17, 15) is 14.4 Å². The Morgan fingerprint density at radius 2 is 2.00 bits per heavy atom. The van der Waals surface area contributed by atoms with Gasteiger partial charge in [-0.3, -0.25) is 14.4 Å². The Kier molecular flexibility index (Phi) is 7.19. The van der Waals surface area contributed by atoms with Crippen LogP contribution in [-0.4, -0.2) is 43.1 Å². The summed E-state index contributed by atoms with van der Waals surface area (Å²) in [4.78, 5) is 36.5. The van der Waals surface area contributed by atoms with Crippen molar-refractivity contribution in [1.82, 2.24) is 5.32 Å². The van der Waals surface area contributed by atoms with Crippen LogP contribution in [0.3, 0.4) is 0 Å². The van der Waals surface area contributed by atoms with E-state index in [2.05, 4.69) is 10.6 Å². The molecule has 1 aliphatic carbocycles. The number of anilines is 1. The average Bonchev–Trinajstić information content (AvgIpc) is 3.16. The molecule has 0 aliphatic heterocycles.